The van der Waals surface area contributed by atoms with Crippen LogP contribution in [0.1, 0.15) is 26.4 Å². The Labute approximate surface area is 162 Å². The van der Waals surface area contributed by atoms with E-state index in [1.165, 1.54) is 12.1 Å². The summed E-state index contributed by atoms with van der Waals surface area (Å²) in [5.74, 6) is -2.18. The van der Waals surface area contributed by atoms with Gasteiger partial charge in [-0.3, -0.25) is 29.4 Å². The summed E-state index contributed by atoms with van der Waals surface area (Å²) in [6, 6.07) is 4.72. The van der Waals surface area contributed by atoms with E-state index in [0.29, 0.717) is 15.6 Å². The average molecular weight is 409 g/mol. The van der Waals surface area contributed by atoms with Gasteiger partial charge in [0.15, 0.2) is 5.82 Å². The third kappa shape index (κ3) is 3.46. The maximum atomic E-state index is 12.4. The van der Waals surface area contributed by atoms with Gasteiger partial charge in [-0.05, 0) is 19.1 Å². The number of rotatable bonds is 4. The number of pyridine rings is 1. The summed E-state index contributed by atoms with van der Waals surface area (Å²) in [6.07, 6.45) is 0. The molecule has 11 heteroatoms. The molecule has 1 aromatic heterocycles. The molecule has 3 rings (SSSR count). The van der Waals surface area contributed by atoms with Crippen molar-refractivity contribution < 1.29 is 19.3 Å². The molecule has 0 atom stereocenters. The van der Waals surface area contributed by atoms with Crippen molar-refractivity contribution in [2.75, 3.05) is 11.9 Å². The molecule has 0 spiro atoms. The van der Waals surface area contributed by atoms with Crippen molar-refractivity contribution in [1.82, 2.24) is 9.88 Å². The van der Waals surface area contributed by atoms with Gasteiger partial charge >= 0.3 is 0 Å². The van der Waals surface area contributed by atoms with Crippen LogP contribution in [0.5, 0.6) is 0 Å². The van der Waals surface area contributed by atoms with Gasteiger partial charge in [-0.2, -0.15) is 0 Å². The number of carbonyl (C=O) groups excluding carboxylic acids is 3. The number of non-ortho nitro benzene ring substituents is 1. The number of imide groups is 1. The Morgan fingerprint density at radius 1 is 1.19 bits per heavy atom. The number of fused-ring (bicyclic) bond motifs is 1. The van der Waals surface area contributed by atoms with E-state index in [4.69, 9.17) is 23.2 Å². The number of benzene rings is 1. The average Bonchev–Trinajstić information content (AvgIpc) is 2.84. The van der Waals surface area contributed by atoms with Crippen molar-refractivity contribution >= 4 is 52.4 Å². The van der Waals surface area contributed by atoms with Crippen molar-refractivity contribution in [2.24, 2.45) is 0 Å². The fourth-order valence-corrected chi connectivity index (χ4v) is 2.90. The fraction of sp³-hybridized carbons (Fsp3) is 0.125. The van der Waals surface area contributed by atoms with Crippen LogP contribution >= 0.6 is 23.2 Å². The van der Waals surface area contributed by atoms with Crippen LogP contribution in [-0.4, -0.2) is 39.1 Å². The molecule has 0 saturated heterocycles. The van der Waals surface area contributed by atoms with Gasteiger partial charge in [-0.25, -0.2) is 4.98 Å². The van der Waals surface area contributed by atoms with E-state index in [-0.39, 0.29) is 27.7 Å². The van der Waals surface area contributed by atoms with Crippen LogP contribution in [0.25, 0.3) is 0 Å². The molecule has 1 aliphatic rings. The first-order valence-corrected chi connectivity index (χ1v) is 8.21. The quantitative estimate of drug-likeness (QED) is 0.471. The van der Waals surface area contributed by atoms with E-state index in [1.807, 2.05) is 0 Å². The number of aromatic nitrogens is 1. The number of amides is 3. The number of aryl methyl sites for hydroxylation is 1. The van der Waals surface area contributed by atoms with Gasteiger partial charge in [0, 0.05) is 12.1 Å². The Morgan fingerprint density at radius 2 is 1.85 bits per heavy atom. The van der Waals surface area contributed by atoms with Crippen LogP contribution in [0.4, 0.5) is 11.5 Å². The van der Waals surface area contributed by atoms with Gasteiger partial charge in [-0.1, -0.05) is 23.2 Å². The summed E-state index contributed by atoms with van der Waals surface area (Å²) >= 11 is 11.8. The van der Waals surface area contributed by atoms with Gasteiger partial charge in [0.1, 0.15) is 6.54 Å². The topological polar surface area (TPSA) is 123 Å². The normalized spacial score (nSPS) is 12.9. The lowest BCUT2D eigenvalue weighted by molar-refractivity contribution is -0.384. The highest BCUT2D eigenvalue weighted by Crippen LogP contribution is 2.28. The zero-order valence-electron chi connectivity index (χ0n) is 13.7. The van der Waals surface area contributed by atoms with E-state index < -0.39 is 29.2 Å². The molecule has 1 N–H and O–H groups in total. The van der Waals surface area contributed by atoms with Crippen LogP contribution in [0.15, 0.2) is 24.3 Å². The van der Waals surface area contributed by atoms with Crippen LogP contribution in [0.3, 0.4) is 0 Å². The van der Waals surface area contributed by atoms with Gasteiger partial charge in [0.25, 0.3) is 17.5 Å². The second-order valence-corrected chi connectivity index (χ2v) is 6.43. The second kappa shape index (κ2) is 6.93. The van der Waals surface area contributed by atoms with Gasteiger partial charge in [0.2, 0.25) is 5.91 Å². The predicted molar refractivity (Wildman–Crippen MR) is 96.1 cm³/mol. The molecule has 138 valence electrons. The Kier molecular flexibility index (Phi) is 4.81. The molecular formula is C16H10Cl2N4O5. The monoisotopic (exact) mass is 408 g/mol. The maximum Gasteiger partial charge on any atom is 0.270 e. The number of hydrogen-bond acceptors (Lipinski definition) is 6. The predicted octanol–water partition coefficient (Wildman–Crippen LogP) is 2.84. The first-order chi connectivity index (χ1) is 12.7. The molecule has 0 bridgehead atoms. The number of hydrogen-bond donors (Lipinski definition) is 1. The smallest absolute Gasteiger partial charge is 0.270 e. The van der Waals surface area contributed by atoms with Crippen LogP contribution < -0.4 is 5.32 Å². The third-order valence-electron chi connectivity index (χ3n) is 3.83. The van der Waals surface area contributed by atoms with Crippen LogP contribution in [0.2, 0.25) is 10.0 Å². The molecule has 9 nitrogen and oxygen atoms in total. The summed E-state index contributed by atoms with van der Waals surface area (Å²) in [5, 5.41) is 13.7. The van der Waals surface area contributed by atoms with Gasteiger partial charge < -0.3 is 5.32 Å². The van der Waals surface area contributed by atoms with Crippen LogP contribution in [-0.2, 0) is 4.79 Å². The summed E-state index contributed by atoms with van der Waals surface area (Å²) < 4.78 is 0. The number of carbonyl (C=O) groups is 3. The standard InChI is InChI=1S/C16H10Cl2N4O5/c1-7-11(17)5-12(18)14(19-7)20-13(23)6-21-15(24)9-3-2-8(22(26)27)4-10(9)16(21)25/h2-5H,6H2,1H3,(H,19,20,23). The molecule has 0 saturated carbocycles. The van der Waals surface area contributed by atoms with E-state index in [1.54, 1.807) is 6.92 Å². The van der Waals surface area contributed by atoms with Crippen LogP contribution in [0, 0.1) is 17.0 Å². The highest BCUT2D eigenvalue weighted by Gasteiger charge is 2.37. The van der Waals surface area contributed by atoms with E-state index in [2.05, 4.69) is 10.3 Å². The largest absolute Gasteiger partial charge is 0.308 e. The summed E-state index contributed by atoms with van der Waals surface area (Å²) in [7, 11) is 0. The zero-order valence-corrected chi connectivity index (χ0v) is 15.2. The van der Waals surface area contributed by atoms with E-state index >= 15 is 0 Å². The van der Waals surface area contributed by atoms with Crippen molar-refractivity contribution in [3.05, 3.63) is 61.2 Å². The molecule has 0 radical (unpaired) electrons. The summed E-state index contributed by atoms with van der Waals surface area (Å²) in [4.78, 5) is 51.8. The molecule has 2 heterocycles. The van der Waals surface area contributed by atoms with Gasteiger partial charge in [-0.15, -0.1) is 0 Å². The van der Waals surface area contributed by atoms with Crippen molar-refractivity contribution in [3.63, 3.8) is 0 Å². The lowest BCUT2D eigenvalue weighted by atomic mass is 10.1. The minimum atomic E-state index is -0.791. The number of nitrogens with one attached hydrogen (secondary N) is 1. The lowest BCUT2D eigenvalue weighted by Crippen LogP contribution is -2.37. The number of halogens is 2. The van der Waals surface area contributed by atoms with E-state index in [0.717, 1.165) is 12.1 Å². The third-order valence-corrected chi connectivity index (χ3v) is 4.50. The Bertz CT molecular complexity index is 1020. The first kappa shape index (κ1) is 18.7. The number of nitrogens with zero attached hydrogens (tertiary/aromatic N) is 3. The number of nitro groups is 1. The molecule has 0 fully saturated rings. The number of nitro benzene ring substituents is 1. The molecule has 0 aliphatic carbocycles. The highest BCUT2D eigenvalue weighted by atomic mass is 35.5. The van der Waals surface area contributed by atoms with Crippen molar-refractivity contribution in [3.8, 4) is 0 Å². The van der Waals surface area contributed by atoms with Crippen molar-refractivity contribution in [1.29, 1.82) is 0 Å². The molecule has 3 amide bonds. The number of anilines is 1. The SMILES string of the molecule is Cc1nc(NC(=O)CN2C(=O)c3ccc([N+](=O)[O-])cc3C2=O)c(Cl)cc1Cl. The molecular weight excluding hydrogens is 399 g/mol. The highest BCUT2D eigenvalue weighted by molar-refractivity contribution is 6.36. The first-order valence-electron chi connectivity index (χ1n) is 7.46. The molecule has 1 aromatic carbocycles. The van der Waals surface area contributed by atoms with E-state index in [9.17, 15) is 24.5 Å². The molecule has 0 unspecified atom stereocenters. The zero-order chi connectivity index (χ0) is 19.9. The summed E-state index contributed by atoms with van der Waals surface area (Å²) in [5.41, 5.74) is -0.0179. The Hall–Kier alpha value is -3.04. The molecule has 2 aromatic rings. The Morgan fingerprint density at radius 3 is 2.52 bits per heavy atom. The molecule has 27 heavy (non-hydrogen) atoms. The molecule has 1 aliphatic heterocycles. The minimum Gasteiger partial charge on any atom is -0.308 e. The fourth-order valence-electron chi connectivity index (χ4n) is 2.50. The summed E-state index contributed by atoms with van der Waals surface area (Å²) in [6.45, 7) is 1.02. The lowest BCUT2D eigenvalue weighted by Gasteiger charge is -2.14. The minimum absolute atomic E-state index is 0.00288. The second-order valence-electron chi connectivity index (χ2n) is 5.62. The Balaban J connectivity index is 1.79. The van der Waals surface area contributed by atoms with Crippen molar-refractivity contribution in [2.45, 2.75) is 6.92 Å². The van der Waals surface area contributed by atoms with Gasteiger partial charge in [0.05, 0.1) is 31.8 Å². The maximum absolute atomic E-state index is 12.4.